The van der Waals surface area contributed by atoms with Gasteiger partial charge in [-0.1, -0.05) is 25.1 Å². The van der Waals surface area contributed by atoms with Gasteiger partial charge in [0.05, 0.1) is 18.4 Å². The number of amides is 1. The molecule has 0 unspecified atom stereocenters. The maximum absolute atomic E-state index is 12.3. The number of rotatable bonds is 8. The van der Waals surface area contributed by atoms with Gasteiger partial charge in [0, 0.05) is 5.56 Å². The summed E-state index contributed by atoms with van der Waals surface area (Å²) in [5.74, 6) is 0.435. The molecule has 0 saturated heterocycles. The fraction of sp³-hybridized carbons (Fsp3) is 0.160. The molecule has 0 aliphatic heterocycles. The second-order valence-corrected chi connectivity index (χ2v) is 6.85. The molecule has 0 saturated carbocycles. The summed E-state index contributed by atoms with van der Waals surface area (Å²) in [6.45, 7) is 4.53. The number of benzene rings is 3. The first-order valence-corrected chi connectivity index (χ1v) is 10.0. The number of carbonyl (C=O) groups is 2. The molecule has 0 heterocycles. The minimum absolute atomic E-state index is 0.318. The van der Waals surface area contributed by atoms with E-state index in [1.165, 1.54) is 6.21 Å². The molecular weight excluding hydrogens is 392 g/mol. The lowest BCUT2D eigenvalue weighted by atomic mass is 10.1. The number of carbonyl (C=O) groups excluding carboxylic acids is 2. The maximum atomic E-state index is 12.3. The van der Waals surface area contributed by atoms with E-state index in [0.717, 1.165) is 23.3 Å². The maximum Gasteiger partial charge on any atom is 0.343 e. The first-order chi connectivity index (χ1) is 15.1. The van der Waals surface area contributed by atoms with Crippen LogP contribution in [0.4, 0.5) is 0 Å². The molecule has 0 aromatic heterocycles. The van der Waals surface area contributed by atoms with Gasteiger partial charge in [-0.3, -0.25) is 4.79 Å². The molecule has 31 heavy (non-hydrogen) atoms. The first kappa shape index (κ1) is 21.8. The van der Waals surface area contributed by atoms with E-state index in [2.05, 4.69) is 10.5 Å². The molecule has 0 aliphatic carbocycles. The molecular formula is C25H24N2O4. The average molecular weight is 416 g/mol. The van der Waals surface area contributed by atoms with Crippen molar-refractivity contribution in [1.82, 2.24) is 5.43 Å². The van der Waals surface area contributed by atoms with Gasteiger partial charge in [-0.25, -0.2) is 10.2 Å². The van der Waals surface area contributed by atoms with Crippen LogP contribution in [0.5, 0.6) is 11.5 Å². The van der Waals surface area contributed by atoms with Crippen molar-refractivity contribution in [2.45, 2.75) is 20.3 Å². The molecule has 0 spiro atoms. The third kappa shape index (κ3) is 6.27. The van der Waals surface area contributed by atoms with Gasteiger partial charge in [0.25, 0.3) is 5.91 Å². The second kappa shape index (κ2) is 10.7. The van der Waals surface area contributed by atoms with E-state index in [-0.39, 0.29) is 5.91 Å². The lowest BCUT2D eigenvalue weighted by Crippen LogP contribution is -2.17. The lowest BCUT2D eigenvalue weighted by Gasteiger charge is -2.06. The Morgan fingerprint density at radius 2 is 1.61 bits per heavy atom. The molecule has 6 nitrogen and oxygen atoms in total. The van der Waals surface area contributed by atoms with E-state index < -0.39 is 5.97 Å². The minimum atomic E-state index is -0.405. The van der Waals surface area contributed by atoms with Crippen LogP contribution in [-0.4, -0.2) is 24.7 Å². The van der Waals surface area contributed by atoms with Gasteiger partial charge in [-0.15, -0.1) is 0 Å². The SMILES string of the molecule is CCCOc1ccc(C(=O)NN=Cc2ccc(OC(=O)c3ccccc3C)cc2)cc1. The predicted molar refractivity (Wildman–Crippen MR) is 120 cm³/mol. The first-order valence-electron chi connectivity index (χ1n) is 10.0. The number of hydrogen-bond acceptors (Lipinski definition) is 5. The largest absolute Gasteiger partial charge is 0.494 e. The molecule has 3 rings (SSSR count). The van der Waals surface area contributed by atoms with Crippen LogP contribution in [0.25, 0.3) is 0 Å². The van der Waals surface area contributed by atoms with Gasteiger partial charge < -0.3 is 9.47 Å². The molecule has 3 aromatic rings. The third-order valence-electron chi connectivity index (χ3n) is 4.42. The zero-order chi connectivity index (χ0) is 22.1. The summed E-state index contributed by atoms with van der Waals surface area (Å²) in [6.07, 6.45) is 2.44. The van der Waals surface area contributed by atoms with Crippen LogP contribution in [-0.2, 0) is 0 Å². The van der Waals surface area contributed by atoms with Crippen LogP contribution in [0.3, 0.4) is 0 Å². The Bertz CT molecular complexity index is 1060. The van der Waals surface area contributed by atoms with Crippen molar-refractivity contribution in [3.05, 3.63) is 95.1 Å². The summed E-state index contributed by atoms with van der Waals surface area (Å²) in [6, 6.07) is 21.0. The molecule has 0 atom stereocenters. The highest BCUT2D eigenvalue weighted by Crippen LogP contribution is 2.16. The molecule has 1 amide bonds. The van der Waals surface area contributed by atoms with Crippen LogP contribution in [0, 0.1) is 6.92 Å². The fourth-order valence-electron chi connectivity index (χ4n) is 2.74. The summed E-state index contributed by atoms with van der Waals surface area (Å²) in [7, 11) is 0. The highest BCUT2D eigenvalue weighted by Gasteiger charge is 2.10. The summed E-state index contributed by atoms with van der Waals surface area (Å²) in [4.78, 5) is 24.4. The number of nitrogens with zero attached hydrogens (tertiary/aromatic N) is 1. The quantitative estimate of drug-likeness (QED) is 0.248. The van der Waals surface area contributed by atoms with Crippen molar-refractivity contribution in [1.29, 1.82) is 0 Å². The van der Waals surface area contributed by atoms with Crippen molar-refractivity contribution in [2.24, 2.45) is 5.10 Å². The van der Waals surface area contributed by atoms with Crippen molar-refractivity contribution < 1.29 is 19.1 Å². The highest BCUT2D eigenvalue weighted by molar-refractivity contribution is 5.95. The van der Waals surface area contributed by atoms with E-state index in [9.17, 15) is 9.59 Å². The average Bonchev–Trinajstić information content (AvgIpc) is 2.79. The lowest BCUT2D eigenvalue weighted by molar-refractivity contribution is 0.0733. The summed E-state index contributed by atoms with van der Waals surface area (Å²) < 4.78 is 10.9. The summed E-state index contributed by atoms with van der Waals surface area (Å²) in [5.41, 5.74) is 5.11. The Balaban J connectivity index is 1.53. The van der Waals surface area contributed by atoms with Crippen molar-refractivity contribution >= 4 is 18.1 Å². The normalized spacial score (nSPS) is 10.6. The van der Waals surface area contributed by atoms with Crippen molar-refractivity contribution in [2.75, 3.05) is 6.61 Å². The topological polar surface area (TPSA) is 77.0 Å². The number of esters is 1. The molecule has 158 valence electrons. The monoisotopic (exact) mass is 416 g/mol. The molecule has 6 heteroatoms. The number of hydrogen-bond donors (Lipinski definition) is 1. The Morgan fingerprint density at radius 1 is 0.935 bits per heavy atom. The van der Waals surface area contributed by atoms with E-state index in [1.54, 1.807) is 60.7 Å². The van der Waals surface area contributed by atoms with Crippen molar-refractivity contribution in [3.8, 4) is 11.5 Å². The fourth-order valence-corrected chi connectivity index (χ4v) is 2.74. The Kier molecular flexibility index (Phi) is 7.54. The van der Waals surface area contributed by atoms with Crippen LogP contribution in [0.2, 0.25) is 0 Å². The molecule has 1 N–H and O–H groups in total. The van der Waals surface area contributed by atoms with Gasteiger partial charge >= 0.3 is 5.97 Å². The smallest absolute Gasteiger partial charge is 0.343 e. The van der Waals surface area contributed by atoms with Crippen LogP contribution in [0.1, 0.15) is 45.2 Å². The number of hydrazone groups is 1. The second-order valence-electron chi connectivity index (χ2n) is 6.85. The number of aryl methyl sites for hydroxylation is 1. The van der Waals surface area contributed by atoms with Gasteiger partial charge in [0.15, 0.2) is 0 Å². The van der Waals surface area contributed by atoms with E-state index in [4.69, 9.17) is 9.47 Å². The summed E-state index contributed by atoms with van der Waals surface area (Å²) >= 11 is 0. The molecule has 0 bridgehead atoms. The molecule has 0 radical (unpaired) electrons. The van der Waals surface area contributed by atoms with Crippen LogP contribution >= 0.6 is 0 Å². The predicted octanol–water partition coefficient (Wildman–Crippen LogP) is 4.77. The Morgan fingerprint density at radius 3 is 2.29 bits per heavy atom. The van der Waals surface area contributed by atoms with E-state index >= 15 is 0 Å². The number of ether oxygens (including phenoxy) is 2. The van der Waals surface area contributed by atoms with Gasteiger partial charge in [0.1, 0.15) is 11.5 Å². The Hall–Kier alpha value is -3.93. The Labute approximate surface area is 181 Å². The van der Waals surface area contributed by atoms with Crippen LogP contribution in [0.15, 0.2) is 77.9 Å². The summed E-state index contributed by atoms with van der Waals surface area (Å²) in [5, 5.41) is 3.98. The zero-order valence-electron chi connectivity index (χ0n) is 17.5. The van der Waals surface area contributed by atoms with Crippen molar-refractivity contribution in [3.63, 3.8) is 0 Å². The minimum Gasteiger partial charge on any atom is -0.494 e. The van der Waals surface area contributed by atoms with E-state index in [1.807, 2.05) is 26.0 Å². The third-order valence-corrected chi connectivity index (χ3v) is 4.42. The molecule has 0 aliphatic rings. The standard InChI is InChI=1S/C25H24N2O4/c1-3-16-30-21-14-10-20(11-15-21)24(28)27-26-17-19-8-12-22(13-9-19)31-25(29)23-7-5-4-6-18(23)2/h4-15,17H,3,16H2,1-2H3,(H,27,28). The molecule has 0 fully saturated rings. The molecule has 3 aromatic carbocycles. The highest BCUT2D eigenvalue weighted by atomic mass is 16.5. The van der Waals surface area contributed by atoms with Gasteiger partial charge in [0.2, 0.25) is 0 Å². The van der Waals surface area contributed by atoms with E-state index in [0.29, 0.717) is 23.5 Å². The van der Waals surface area contributed by atoms with Gasteiger partial charge in [-0.2, -0.15) is 5.10 Å². The van der Waals surface area contributed by atoms with Crippen LogP contribution < -0.4 is 14.9 Å². The zero-order valence-corrected chi connectivity index (χ0v) is 17.5. The van der Waals surface area contributed by atoms with Gasteiger partial charge in [-0.05, 0) is 79.1 Å². The number of nitrogens with one attached hydrogen (secondary N) is 1.